The van der Waals surface area contributed by atoms with Crippen LogP contribution in [0.15, 0.2) is 48.8 Å². The zero-order valence-corrected chi connectivity index (χ0v) is 20.4. The summed E-state index contributed by atoms with van der Waals surface area (Å²) < 4.78 is 16.7. The quantitative estimate of drug-likeness (QED) is 0.555. The van der Waals surface area contributed by atoms with Gasteiger partial charge in [-0.15, -0.1) is 0 Å². The second kappa shape index (κ2) is 9.26. The standard InChI is InChI=1S/C28H34FN5O/c1-2-31-12-10-24(25(29)19-31)21-5-3-20(4-6-21)23-17-27-26(9-11-30-34(27)18-23)32-13-15-33(16-14-32)28(35)22-7-8-22/h3-6,9,11,17-18,22,24-25H,2,7-8,10,12-16,19H2,1H3/t24-,25?/m1/s1. The zero-order valence-electron chi connectivity index (χ0n) is 20.4. The minimum atomic E-state index is -0.807. The zero-order chi connectivity index (χ0) is 23.9. The highest BCUT2D eigenvalue weighted by Crippen LogP contribution is 2.34. The van der Waals surface area contributed by atoms with Gasteiger partial charge in [0.25, 0.3) is 0 Å². The number of rotatable bonds is 5. The van der Waals surface area contributed by atoms with E-state index in [4.69, 9.17) is 0 Å². The summed E-state index contributed by atoms with van der Waals surface area (Å²) in [6.07, 6.45) is 6.10. The Bertz CT molecular complexity index is 1200. The van der Waals surface area contributed by atoms with Crippen molar-refractivity contribution in [2.75, 3.05) is 50.7 Å². The van der Waals surface area contributed by atoms with Gasteiger partial charge in [-0.2, -0.15) is 5.10 Å². The van der Waals surface area contributed by atoms with Gasteiger partial charge in [-0.05, 0) is 55.6 Å². The third kappa shape index (κ3) is 4.42. The molecule has 1 unspecified atom stereocenters. The number of carbonyl (C=O) groups is 1. The molecule has 1 aromatic carbocycles. The lowest BCUT2D eigenvalue weighted by Crippen LogP contribution is -2.49. The van der Waals surface area contributed by atoms with Crippen LogP contribution >= 0.6 is 0 Å². The van der Waals surface area contributed by atoms with Crippen LogP contribution < -0.4 is 4.90 Å². The van der Waals surface area contributed by atoms with Gasteiger partial charge in [-0.1, -0.05) is 31.2 Å². The number of piperazine rings is 1. The number of halogens is 1. The lowest BCUT2D eigenvalue weighted by molar-refractivity contribution is -0.132. The van der Waals surface area contributed by atoms with Crippen LogP contribution in [0.2, 0.25) is 0 Å². The van der Waals surface area contributed by atoms with E-state index in [0.717, 1.165) is 86.4 Å². The molecular formula is C28H34FN5O. The van der Waals surface area contributed by atoms with Gasteiger partial charge >= 0.3 is 0 Å². The Morgan fingerprint density at radius 2 is 1.77 bits per heavy atom. The van der Waals surface area contributed by atoms with Crippen molar-refractivity contribution < 1.29 is 9.18 Å². The third-order valence-corrected chi connectivity index (χ3v) is 8.09. The highest BCUT2D eigenvalue weighted by Gasteiger charge is 2.35. The molecule has 4 heterocycles. The van der Waals surface area contributed by atoms with Crippen molar-refractivity contribution in [2.24, 2.45) is 5.92 Å². The fourth-order valence-electron chi connectivity index (χ4n) is 5.73. The van der Waals surface area contributed by atoms with Crippen LogP contribution in [0.5, 0.6) is 0 Å². The van der Waals surface area contributed by atoms with Gasteiger partial charge < -0.3 is 14.7 Å². The monoisotopic (exact) mass is 475 g/mol. The molecule has 2 aromatic heterocycles. The first-order valence-corrected chi connectivity index (χ1v) is 13.1. The summed E-state index contributed by atoms with van der Waals surface area (Å²) in [6.45, 7) is 7.76. The Kier molecular flexibility index (Phi) is 5.96. The number of likely N-dealkylation sites (tertiary alicyclic amines) is 1. The topological polar surface area (TPSA) is 44.1 Å². The lowest BCUT2D eigenvalue weighted by Gasteiger charge is -2.36. The molecule has 3 fully saturated rings. The van der Waals surface area contributed by atoms with Crippen LogP contribution in [0.1, 0.15) is 37.7 Å². The minimum absolute atomic E-state index is 0.0151. The molecule has 7 heteroatoms. The molecule has 184 valence electrons. The molecule has 6 nitrogen and oxygen atoms in total. The van der Waals surface area contributed by atoms with Crippen molar-refractivity contribution in [3.63, 3.8) is 0 Å². The molecule has 0 N–H and O–H groups in total. The van der Waals surface area contributed by atoms with E-state index >= 15 is 0 Å². The summed E-state index contributed by atoms with van der Waals surface area (Å²) in [5, 5.41) is 4.54. The maximum atomic E-state index is 14.8. The predicted molar refractivity (Wildman–Crippen MR) is 137 cm³/mol. The van der Waals surface area contributed by atoms with Gasteiger partial charge in [0.15, 0.2) is 0 Å². The minimum Gasteiger partial charge on any atom is -0.366 e. The molecule has 2 atom stereocenters. The van der Waals surface area contributed by atoms with Crippen LogP contribution in [0.25, 0.3) is 16.6 Å². The molecule has 3 aromatic rings. The summed E-state index contributed by atoms with van der Waals surface area (Å²) in [4.78, 5) is 19.0. The third-order valence-electron chi connectivity index (χ3n) is 8.09. The number of fused-ring (bicyclic) bond motifs is 1. The molecule has 6 rings (SSSR count). The highest BCUT2D eigenvalue weighted by molar-refractivity contribution is 5.82. The largest absolute Gasteiger partial charge is 0.366 e. The van der Waals surface area contributed by atoms with Gasteiger partial charge in [0, 0.05) is 62.5 Å². The number of aromatic nitrogens is 2. The Labute approximate surface area is 206 Å². The maximum absolute atomic E-state index is 14.8. The van der Waals surface area contributed by atoms with Gasteiger partial charge in [-0.3, -0.25) is 4.79 Å². The molecule has 0 radical (unpaired) electrons. The molecule has 3 aliphatic rings. The summed E-state index contributed by atoms with van der Waals surface area (Å²) >= 11 is 0. The van der Waals surface area contributed by atoms with Crippen LogP contribution in [0.4, 0.5) is 10.1 Å². The lowest BCUT2D eigenvalue weighted by atomic mass is 9.87. The summed E-state index contributed by atoms with van der Waals surface area (Å²) in [5.74, 6) is 0.611. The summed E-state index contributed by atoms with van der Waals surface area (Å²) in [5.41, 5.74) is 5.55. The molecule has 2 saturated heterocycles. The molecule has 1 amide bonds. The smallest absolute Gasteiger partial charge is 0.225 e. The number of piperidine rings is 1. The van der Waals surface area contributed by atoms with Gasteiger partial charge in [0.05, 0.1) is 11.2 Å². The van der Waals surface area contributed by atoms with Crippen molar-refractivity contribution in [1.29, 1.82) is 0 Å². The number of benzene rings is 1. The van der Waals surface area contributed by atoms with E-state index in [1.54, 1.807) is 0 Å². The second-order valence-corrected chi connectivity index (χ2v) is 10.3. The molecular weight excluding hydrogens is 441 g/mol. The van der Waals surface area contributed by atoms with E-state index in [1.165, 1.54) is 0 Å². The predicted octanol–water partition coefficient (Wildman–Crippen LogP) is 4.21. The van der Waals surface area contributed by atoms with Crippen LogP contribution in [0, 0.1) is 5.92 Å². The van der Waals surface area contributed by atoms with Crippen molar-refractivity contribution >= 4 is 17.1 Å². The Hall–Kier alpha value is -2.93. The van der Waals surface area contributed by atoms with Gasteiger partial charge in [-0.25, -0.2) is 8.91 Å². The number of hydrogen-bond acceptors (Lipinski definition) is 4. The first-order valence-electron chi connectivity index (χ1n) is 13.1. The first-order chi connectivity index (χ1) is 17.1. The Morgan fingerprint density at radius 3 is 2.46 bits per heavy atom. The van der Waals surface area contributed by atoms with Crippen molar-refractivity contribution in [2.45, 2.75) is 38.3 Å². The number of nitrogens with zero attached hydrogens (tertiary/aromatic N) is 5. The molecule has 1 aliphatic carbocycles. The summed E-state index contributed by atoms with van der Waals surface area (Å²) in [6, 6.07) is 12.7. The van der Waals surface area contributed by atoms with E-state index in [0.29, 0.717) is 12.5 Å². The fourth-order valence-corrected chi connectivity index (χ4v) is 5.73. The van der Waals surface area contributed by atoms with Crippen molar-refractivity contribution in [3.8, 4) is 11.1 Å². The number of alkyl halides is 1. The molecule has 35 heavy (non-hydrogen) atoms. The molecule has 0 bridgehead atoms. The highest BCUT2D eigenvalue weighted by atomic mass is 19.1. The van der Waals surface area contributed by atoms with Crippen molar-refractivity contribution in [1.82, 2.24) is 19.4 Å². The number of anilines is 1. The van der Waals surface area contributed by atoms with Gasteiger partial charge in [0.1, 0.15) is 6.17 Å². The normalized spacial score (nSPS) is 23.7. The summed E-state index contributed by atoms with van der Waals surface area (Å²) in [7, 11) is 0. The SMILES string of the molecule is CCN1CC[C@H](c2ccc(-c3cc4c(N5CCN(C(=O)C6CC6)CC5)ccnn4c3)cc2)C(F)C1. The molecule has 1 saturated carbocycles. The Balaban J connectivity index is 1.19. The van der Waals surface area contributed by atoms with Crippen LogP contribution in [-0.2, 0) is 4.79 Å². The average molecular weight is 476 g/mol. The first kappa shape index (κ1) is 22.5. The van der Waals surface area contributed by atoms with Gasteiger partial charge in [0.2, 0.25) is 5.91 Å². The van der Waals surface area contributed by atoms with E-state index in [9.17, 15) is 9.18 Å². The van der Waals surface area contributed by atoms with E-state index in [2.05, 4.69) is 64.4 Å². The number of hydrogen-bond donors (Lipinski definition) is 0. The molecule has 0 spiro atoms. The van der Waals surface area contributed by atoms with E-state index in [1.807, 2.05) is 15.6 Å². The fraction of sp³-hybridized carbons (Fsp3) is 0.500. The van der Waals surface area contributed by atoms with Crippen LogP contribution in [0.3, 0.4) is 0 Å². The number of carbonyl (C=O) groups excluding carboxylic acids is 1. The number of amides is 1. The average Bonchev–Trinajstić information content (AvgIpc) is 3.66. The maximum Gasteiger partial charge on any atom is 0.225 e. The second-order valence-electron chi connectivity index (χ2n) is 10.3. The Morgan fingerprint density at radius 1 is 1.00 bits per heavy atom. The molecule has 2 aliphatic heterocycles. The van der Waals surface area contributed by atoms with Crippen LogP contribution in [-0.4, -0.2) is 77.3 Å². The van der Waals surface area contributed by atoms with Crippen molar-refractivity contribution in [3.05, 3.63) is 54.4 Å². The van der Waals surface area contributed by atoms with E-state index in [-0.39, 0.29) is 11.8 Å². The van der Waals surface area contributed by atoms with E-state index < -0.39 is 6.17 Å².